The Morgan fingerprint density at radius 1 is 1.69 bits per heavy atom. The maximum Gasteiger partial charge on any atom is 0.338 e. The molecule has 2 rings (SSSR count). The Balaban J connectivity index is 2.36. The van der Waals surface area contributed by atoms with Crippen molar-refractivity contribution in [3.8, 4) is 0 Å². The Hall–Kier alpha value is -0.870. The van der Waals surface area contributed by atoms with E-state index in [2.05, 4.69) is 5.32 Å². The first-order chi connectivity index (χ1) is 6.33. The van der Waals surface area contributed by atoms with Gasteiger partial charge < -0.3 is 10.1 Å². The highest BCUT2D eigenvalue weighted by Gasteiger charge is 2.19. The number of nitrogens with one attached hydrogen (secondary N) is 1. The van der Waals surface area contributed by atoms with Crippen LogP contribution in [0.4, 0.5) is 0 Å². The maximum atomic E-state index is 11.3. The van der Waals surface area contributed by atoms with Gasteiger partial charge in [0.1, 0.15) is 0 Å². The molecule has 13 heavy (non-hydrogen) atoms. The van der Waals surface area contributed by atoms with Crippen molar-refractivity contribution in [3.63, 3.8) is 0 Å². The molecule has 1 aliphatic heterocycles. The molecule has 1 N–H and O–H groups in total. The van der Waals surface area contributed by atoms with Gasteiger partial charge in [-0.2, -0.15) is 0 Å². The van der Waals surface area contributed by atoms with Gasteiger partial charge in [-0.25, -0.2) is 4.79 Å². The number of methoxy groups -OCH3 is 1. The van der Waals surface area contributed by atoms with Crippen LogP contribution in [0, 0.1) is 0 Å². The number of carbonyl (C=O) groups is 1. The van der Waals surface area contributed by atoms with Gasteiger partial charge in [-0.15, -0.1) is 11.3 Å². The zero-order valence-corrected chi connectivity index (χ0v) is 8.24. The lowest BCUT2D eigenvalue weighted by Gasteiger charge is -2.13. The van der Waals surface area contributed by atoms with Gasteiger partial charge in [-0.05, 0) is 18.5 Å². The Morgan fingerprint density at radius 3 is 3.31 bits per heavy atom. The molecule has 1 aromatic heterocycles. The lowest BCUT2D eigenvalue weighted by molar-refractivity contribution is 0.0600. The smallest absolute Gasteiger partial charge is 0.338 e. The fraction of sp³-hybridized carbons (Fsp3) is 0.444. The molecule has 0 saturated carbocycles. The summed E-state index contributed by atoms with van der Waals surface area (Å²) >= 11 is 1.63. The fourth-order valence-corrected chi connectivity index (χ4v) is 2.58. The maximum absolute atomic E-state index is 11.3. The Kier molecular flexibility index (Phi) is 2.33. The second-order valence-corrected chi connectivity index (χ2v) is 3.93. The summed E-state index contributed by atoms with van der Waals surface area (Å²) < 4.78 is 4.71. The monoisotopic (exact) mass is 197 g/mol. The van der Waals surface area contributed by atoms with E-state index in [1.807, 2.05) is 5.38 Å². The molecular formula is C9H11NO2S. The van der Waals surface area contributed by atoms with E-state index in [1.54, 1.807) is 11.3 Å². The van der Waals surface area contributed by atoms with Crippen LogP contribution < -0.4 is 5.32 Å². The zero-order chi connectivity index (χ0) is 9.26. The van der Waals surface area contributed by atoms with Crippen molar-refractivity contribution in [1.82, 2.24) is 5.32 Å². The Bertz CT molecular complexity index is 332. The molecule has 3 nitrogen and oxygen atoms in total. The zero-order valence-electron chi connectivity index (χ0n) is 7.42. The second-order valence-electron chi connectivity index (χ2n) is 2.97. The minimum absolute atomic E-state index is 0.209. The minimum Gasteiger partial charge on any atom is -0.465 e. The van der Waals surface area contributed by atoms with Gasteiger partial charge in [0.05, 0.1) is 12.7 Å². The molecule has 0 unspecified atom stereocenters. The summed E-state index contributed by atoms with van der Waals surface area (Å²) in [5.41, 5.74) is 1.93. The molecule has 0 radical (unpaired) electrons. The van der Waals surface area contributed by atoms with Gasteiger partial charge in [-0.3, -0.25) is 0 Å². The number of fused-ring (bicyclic) bond motifs is 1. The SMILES string of the molecule is COC(=O)c1csc2c1CCNC2. The first kappa shape index (κ1) is 8.72. The number of ether oxygens (including phenoxy) is 1. The summed E-state index contributed by atoms with van der Waals surface area (Å²) in [6.45, 7) is 1.84. The van der Waals surface area contributed by atoms with Crippen LogP contribution in [0.15, 0.2) is 5.38 Å². The Morgan fingerprint density at radius 2 is 2.54 bits per heavy atom. The number of esters is 1. The molecule has 0 amide bonds. The first-order valence-corrected chi connectivity index (χ1v) is 5.09. The van der Waals surface area contributed by atoms with Crippen molar-refractivity contribution in [3.05, 3.63) is 21.4 Å². The Labute approximate surface area is 80.7 Å². The van der Waals surface area contributed by atoms with Crippen molar-refractivity contribution in [2.75, 3.05) is 13.7 Å². The molecule has 0 bridgehead atoms. The van der Waals surface area contributed by atoms with Crippen molar-refractivity contribution >= 4 is 17.3 Å². The van der Waals surface area contributed by atoms with Crippen molar-refractivity contribution in [1.29, 1.82) is 0 Å². The molecule has 2 heterocycles. The van der Waals surface area contributed by atoms with E-state index < -0.39 is 0 Å². The highest BCUT2D eigenvalue weighted by molar-refractivity contribution is 7.10. The average molecular weight is 197 g/mol. The number of rotatable bonds is 1. The molecule has 0 spiro atoms. The minimum atomic E-state index is -0.209. The number of hydrogen-bond donors (Lipinski definition) is 1. The van der Waals surface area contributed by atoms with E-state index in [0.29, 0.717) is 0 Å². The number of carbonyl (C=O) groups excluding carboxylic acids is 1. The summed E-state index contributed by atoms with van der Waals surface area (Å²) in [4.78, 5) is 12.6. The third kappa shape index (κ3) is 1.47. The van der Waals surface area contributed by atoms with Crippen LogP contribution >= 0.6 is 11.3 Å². The first-order valence-electron chi connectivity index (χ1n) is 4.21. The highest BCUT2D eigenvalue weighted by Crippen LogP contribution is 2.25. The lowest BCUT2D eigenvalue weighted by atomic mass is 10.1. The van der Waals surface area contributed by atoms with Gasteiger partial charge in [0.25, 0.3) is 0 Å². The van der Waals surface area contributed by atoms with Gasteiger partial charge in [0, 0.05) is 16.8 Å². The molecule has 0 aliphatic carbocycles. The van der Waals surface area contributed by atoms with E-state index in [4.69, 9.17) is 4.74 Å². The fourth-order valence-electron chi connectivity index (χ4n) is 1.54. The molecule has 0 fully saturated rings. The number of hydrogen-bond acceptors (Lipinski definition) is 4. The summed E-state index contributed by atoms with van der Waals surface area (Å²) in [6, 6.07) is 0. The summed E-state index contributed by atoms with van der Waals surface area (Å²) in [5, 5.41) is 5.16. The van der Waals surface area contributed by atoms with Crippen LogP contribution in [0.2, 0.25) is 0 Å². The lowest BCUT2D eigenvalue weighted by Crippen LogP contribution is -2.23. The molecular weight excluding hydrogens is 186 g/mol. The van der Waals surface area contributed by atoms with E-state index >= 15 is 0 Å². The largest absolute Gasteiger partial charge is 0.465 e. The number of thiophene rings is 1. The predicted molar refractivity (Wildman–Crippen MR) is 51.1 cm³/mol. The molecule has 0 saturated heterocycles. The summed E-state index contributed by atoms with van der Waals surface area (Å²) in [7, 11) is 1.42. The third-order valence-electron chi connectivity index (χ3n) is 2.22. The molecule has 1 aliphatic rings. The van der Waals surface area contributed by atoms with Gasteiger partial charge >= 0.3 is 5.97 Å². The van der Waals surface area contributed by atoms with Gasteiger partial charge in [-0.1, -0.05) is 0 Å². The second kappa shape index (κ2) is 3.47. The van der Waals surface area contributed by atoms with Crippen LogP contribution in [0.5, 0.6) is 0 Å². The van der Waals surface area contributed by atoms with Crippen LogP contribution in [0.25, 0.3) is 0 Å². The third-order valence-corrected chi connectivity index (χ3v) is 3.25. The van der Waals surface area contributed by atoms with E-state index in [1.165, 1.54) is 17.6 Å². The molecule has 0 atom stereocenters. The van der Waals surface area contributed by atoms with Crippen molar-refractivity contribution in [2.24, 2.45) is 0 Å². The highest BCUT2D eigenvalue weighted by atomic mass is 32.1. The van der Waals surface area contributed by atoms with E-state index in [0.717, 1.165) is 25.1 Å². The van der Waals surface area contributed by atoms with Crippen LogP contribution in [-0.2, 0) is 17.7 Å². The standard InChI is InChI=1S/C9H11NO2S/c1-12-9(11)7-5-13-8-4-10-3-2-6(7)8/h5,10H,2-4H2,1H3. The summed E-state index contributed by atoms with van der Waals surface area (Å²) in [5.74, 6) is -0.209. The quantitative estimate of drug-likeness (QED) is 0.687. The molecule has 0 aromatic carbocycles. The van der Waals surface area contributed by atoms with E-state index in [9.17, 15) is 4.79 Å². The van der Waals surface area contributed by atoms with Crippen LogP contribution in [-0.4, -0.2) is 19.6 Å². The molecule has 70 valence electrons. The normalized spacial score (nSPS) is 15.2. The summed E-state index contributed by atoms with van der Waals surface area (Å²) in [6.07, 6.45) is 0.934. The van der Waals surface area contributed by atoms with Crippen molar-refractivity contribution < 1.29 is 9.53 Å². The topological polar surface area (TPSA) is 38.3 Å². The predicted octanol–water partition coefficient (Wildman–Crippen LogP) is 1.18. The van der Waals surface area contributed by atoms with Gasteiger partial charge in [0.2, 0.25) is 0 Å². The van der Waals surface area contributed by atoms with Crippen LogP contribution in [0.3, 0.4) is 0 Å². The molecule has 1 aromatic rings. The average Bonchev–Trinajstić information content (AvgIpc) is 2.60. The van der Waals surface area contributed by atoms with E-state index in [-0.39, 0.29) is 5.97 Å². The van der Waals surface area contributed by atoms with Crippen molar-refractivity contribution in [2.45, 2.75) is 13.0 Å². The van der Waals surface area contributed by atoms with Crippen LogP contribution in [0.1, 0.15) is 20.8 Å². The molecule has 4 heteroatoms. The van der Waals surface area contributed by atoms with Gasteiger partial charge in [0.15, 0.2) is 0 Å².